The van der Waals surface area contributed by atoms with Gasteiger partial charge in [-0.2, -0.15) is 0 Å². The lowest BCUT2D eigenvalue weighted by atomic mass is 9.86. The van der Waals surface area contributed by atoms with Gasteiger partial charge in [-0.25, -0.2) is 0 Å². The van der Waals surface area contributed by atoms with Gasteiger partial charge in [0.05, 0.1) is 0 Å². The Balaban J connectivity index is 2.20. The van der Waals surface area contributed by atoms with E-state index in [1.807, 2.05) is 24.3 Å². The Bertz CT molecular complexity index is 781. The van der Waals surface area contributed by atoms with E-state index >= 15 is 0 Å². The minimum Gasteiger partial charge on any atom is -0.324 e. The Labute approximate surface area is 153 Å². The summed E-state index contributed by atoms with van der Waals surface area (Å²) in [6.45, 7) is 7.62. The average molecular weight is 359 g/mol. The van der Waals surface area contributed by atoms with Crippen molar-refractivity contribution >= 4 is 34.8 Å². The van der Waals surface area contributed by atoms with Crippen molar-refractivity contribution in [2.24, 2.45) is 0 Å². The Hall–Kier alpha value is -2.33. The van der Waals surface area contributed by atoms with Crippen molar-refractivity contribution in [2.45, 2.75) is 33.1 Å². The second-order valence-corrected chi connectivity index (χ2v) is 7.37. The van der Waals surface area contributed by atoms with Gasteiger partial charge in [0.1, 0.15) is 6.54 Å². The zero-order valence-electron chi connectivity index (χ0n) is 15.0. The number of amides is 2. The third-order valence-electron chi connectivity index (χ3n) is 3.81. The Kier molecular flexibility index (Phi) is 5.85. The maximum Gasteiger partial charge on any atom is 0.244 e. The van der Waals surface area contributed by atoms with Crippen LogP contribution in [0.5, 0.6) is 0 Å². The largest absolute Gasteiger partial charge is 0.324 e. The second kappa shape index (κ2) is 7.70. The molecule has 0 fully saturated rings. The molecule has 0 aliphatic carbocycles. The number of hydrogen-bond donors (Lipinski definition) is 1. The standard InChI is InChI=1S/C20H23ClN2O2/c1-14(24)23(16-9-7-8-15(21)12-16)13-19(25)22-18-11-6-5-10-17(18)20(2,3)4/h5-12H,13H2,1-4H3,(H,22,25). The van der Waals surface area contributed by atoms with E-state index in [-0.39, 0.29) is 23.8 Å². The van der Waals surface area contributed by atoms with Gasteiger partial charge in [0, 0.05) is 23.3 Å². The molecule has 0 saturated carbocycles. The highest BCUT2D eigenvalue weighted by atomic mass is 35.5. The average Bonchev–Trinajstić information content (AvgIpc) is 2.52. The maximum absolute atomic E-state index is 12.5. The fourth-order valence-electron chi connectivity index (χ4n) is 2.61. The van der Waals surface area contributed by atoms with Crippen LogP contribution in [0, 0.1) is 0 Å². The summed E-state index contributed by atoms with van der Waals surface area (Å²) in [5.41, 5.74) is 2.30. The molecule has 132 valence electrons. The lowest BCUT2D eigenvalue weighted by Gasteiger charge is -2.24. The van der Waals surface area contributed by atoms with Crippen LogP contribution < -0.4 is 10.2 Å². The number of nitrogens with one attached hydrogen (secondary N) is 1. The molecule has 0 radical (unpaired) electrons. The molecular weight excluding hydrogens is 336 g/mol. The minimum atomic E-state index is -0.258. The zero-order valence-corrected chi connectivity index (χ0v) is 15.7. The van der Waals surface area contributed by atoms with Gasteiger partial charge in [-0.1, -0.05) is 56.6 Å². The predicted octanol–water partition coefficient (Wildman–Crippen LogP) is 4.63. The van der Waals surface area contributed by atoms with E-state index in [9.17, 15) is 9.59 Å². The minimum absolute atomic E-state index is 0.0752. The van der Waals surface area contributed by atoms with E-state index in [4.69, 9.17) is 11.6 Å². The number of carbonyl (C=O) groups excluding carboxylic acids is 2. The maximum atomic E-state index is 12.5. The van der Waals surface area contributed by atoms with Crippen molar-refractivity contribution < 1.29 is 9.59 Å². The molecule has 2 rings (SSSR count). The first-order valence-electron chi connectivity index (χ1n) is 8.11. The Morgan fingerprint density at radius 2 is 1.76 bits per heavy atom. The fraction of sp³-hybridized carbons (Fsp3) is 0.300. The van der Waals surface area contributed by atoms with Gasteiger partial charge in [0.2, 0.25) is 11.8 Å². The topological polar surface area (TPSA) is 49.4 Å². The highest BCUT2D eigenvalue weighted by Gasteiger charge is 2.20. The highest BCUT2D eigenvalue weighted by molar-refractivity contribution is 6.31. The van der Waals surface area contributed by atoms with Gasteiger partial charge in [-0.15, -0.1) is 0 Å². The number of nitrogens with zero attached hydrogens (tertiary/aromatic N) is 1. The lowest BCUT2D eigenvalue weighted by molar-refractivity contribution is -0.120. The van der Waals surface area contributed by atoms with Crippen LogP contribution in [0.25, 0.3) is 0 Å². The summed E-state index contributed by atoms with van der Waals surface area (Å²) in [5, 5.41) is 3.44. The van der Waals surface area contributed by atoms with Crippen molar-refractivity contribution in [2.75, 3.05) is 16.8 Å². The number of halogens is 1. The van der Waals surface area contributed by atoms with E-state index in [2.05, 4.69) is 26.1 Å². The number of para-hydroxylation sites is 1. The number of rotatable bonds is 4. The molecule has 0 spiro atoms. The molecule has 0 bridgehead atoms. The van der Waals surface area contributed by atoms with Crippen molar-refractivity contribution in [3.8, 4) is 0 Å². The van der Waals surface area contributed by atoms with Crippen LogP contribution in [0.1, 0.15) is 33.3 Å². The van der Waals surface area contributed by atoms with Crippen LogP contribution in [-0.4, -0.2) is 18.4 Å². The summed E-state index contributed by atoms with van der Waals surface area (Å²) in [7, 11) is 0. The molecule has 0 aromatic heterocycles. The summed E-state index contributed by atoms with van der Waals surface area (Å²) in [6.07, 6.45) is 0. The summed E-state index contributed by atoms with van der Waals surface area (Å²) in [5.74, 6) is -0.478. The van der Waals surface area contributed by atoms with Gasteiger partial charge in [-0.05, 0) is 35.2 Å². The van der Waals surface area contributed by atoms with E-state index in [0.29, 0.717) is 10.7 Å². The first-order valence-corrected chi connectivity index (χ1v) is 8.49. The molecule has 25 heavy (non-hydrogen) atoms. The van der Waals surface area contributed by atoms with E-state index in [1.54, 1.807) is 24.3 Å². The Morgan fingerprint density at radius 3 is 2.36 bits per heavy atom. The molecule has 4 nitrogen and oxygen atoms in total. The highest BCUT2D eigenvalue weighted by Crippen LogP contribution is 2.29. The summed E-state index contributed by atoms with van der Waals surface area (Å²) < 4.78 is 0. The fourth-order valence-corrected chi connectivity index (χ4v) is 2.79. The smallest absolute Gasteiger partial charge is 0.244 e. The van der Waals surface area contributed by atoms with Crippen molar-refractivity contribution in [3.63, 3.8) is 0 Å². The second-order valence-electron chi connectivity index (χ2n) is 6.93. The van der Waals surface area contributed by atoms with Crippen molar-refractivity contribution in [1.29, 1.82) is 0 Å². The normalized spacial score (nSPS) is 11.1. The SMILES string of the molecule is CC(=O)N(CC(=O)Nc1ccccc1C(C)(C)C)c1cccc(Cl)c1. The molecule has 2 aromatic rings. The molecule has 0 aliphatic rings. The first kappa shape index (κ1) is 19.0. The molecule has 2 aromatic carbocycles. The van der Waals surface area contributed by atoms with Crippen LogP contribution in [0.3, 0.4) is 0 Å². The lowest BCUT2D eigenvalue weighted by Crippen LogP contribution is -2.37. The number of hydrogen-bond acceptors (Lipinski definition) is 2. The third kappa shape index (κ3) is 5.07. The summed E-state index contributed by atoms with van der Waals surface area (Å²) in [6, 6.07) is 14.6. The number of anilines is 2. The molecular formula is C20H23ClN2O2. The van der Waals surface area contributed by atoms with Crippen molar-refractivity contribution in [1.82, 2.24) is 0 Å². The monoisotopic (exact) mass is 358 g/mol. The van der Waals surface area contributed by atoms with Gasteiger partial charge in [-0.3, -0.25) is 9.59 Å². The van der Waals surface area contributed by atoms with Crippen LogP contribution in [-0.2, 0) is 15.0 Å². The third-order valence-corrected chi connectivity index (χ3v) is 4.05. The predicted molar refractivity (Wildman–Crippen MR) is 103 cm³/mol. The van der Waals surface area contributed by atoms with E-state index in [0.717, 1.165) is 11.3 Å². The van der Waals surface area contributed by atoms with Crippen LogP contribution in [0.2, 0.25) is 5.02 Å². The molecule has 0 unspecified atom stereocenters. The molecule has 5 heteroatoms. The van der Waals surface area contributed by atoms with Gasteiger partial charge >= 0.3 is 0 Å². The summed E-state index contributed by atoms with van der Waals surface area (Å²) >= 11 is 5.99. The number of benzene rings is 2. The van der Waals surface area contributed by atoms with E-state index < -0.39 is 0 Å². The molecule has 2 amide bonds. The van der Waals surface area contributed by atoms with E-state index in [1.165, 1.54) is 11.8 Å². The quantitative estimate of drug-likeness (QED) is 0.866. The molecule has 0 atom stereocenters. The van der Waals surface area contributed by atoms with Crippen LogP contribution in [0.15, 0.2) is 48.5 Å². The zero-order chi connectivity index (χ0) is 18.6. The van der Waals surface area contributed by atoms with Crippen LogP contribution >= 0.6 is 11.6 Å². The first-order chi connectivity index (χ1) is 11.7. The molecule has 0 heterocycles. The van der Waals surface area contributed by atoms with Crippen LogP contribution in [0.4, 0.5) is 11.4 Å². The van der Waals surface area contributed by atoms with Crippen molar-refractivity contribution in [3.05, 3.63) is 59.1 Å². The summed E-state index contributed by atoms with van der Waals surface area (Å²) in [4.78, 5) is 25.9. The van der Waals surface area contributed by atoms with Gasteiger partial charge in [0.15, 0.2) is 0 Å². The molecule has 0 saturated heterocycles. The van der Waals surface area contributed by atoms with Gasteiger partial charge in [0.25, 0.3) is 0 Å². The van der Waals surface area contributed by atoms with Gasteiger partial charge < -0.3 is 10.2 Å². The molecule has 0 aliphatic heterocycles. The Morgan fingerprint density at radius 1 is 1.08 bits per heavy atom. The molecule has 1 N–H and O–H groups in total. The number of carbonyl (C=O) groups is 2.